The molecule has 10 nitrogen and oxygen atoms in total. The molecule has 13 heteroatoms. The molecule has 0 saturated carbocycles. The van der Waals surface area contributed by atoms with Crippen LogP contribution in [0.25, 0.3) is 11.0 Å². The first-order valence-electron chi connectivity index (χ1n) is 12.4. The number of hydrogen-bond donors (Lipinski definition) is 3. The monoisotopic (exact) mass is 562 g/mol. The lowest BCUT2D eigenvalue weighted by molar-refractivity contribution is 0.0695. The highest BCUT2D eigenvalue weighted by Crippen LogP contribution is 2.36. The van der Waals surface area contributed by atoms with E-state index >= 15 is 8.78 Å². The van der Waals surface area contributed by atoms with Gasteiger partial charge < -0.3 is 34.3 Å². The maximum atomic E-state index is 15.0. The number of pyridine rings is 1. The van der Waals surface area contributed by atoms with Crippen molar-refractivity contribution in [3.05, 3.63) is 47.8 Å². The molecule has 1 atom stereocenters. The molecule has 0 spiro atoms. The van der Waals surface area contributed by atoms with Gasteiger partial charge in [0, 0.05) is 50.3 Å². The topological polar surface area (TPSA) is 127 Å². The van der Waals surface area contributed by atoms with Crippen LogP contribution >= 0.6 is 0 Å². The number of aliphatic hydroxyl groups excluding tert-OH is 1. The number of benzene rings is 1. The fourth-order valence-corrected chi connectivity index (χ4v) is 4.56. The second-order valence-electron chi connectivity index (χ2n) is 11.0. The summed E-state index contributed by atoms with van der Waals surface area (Å²) in [5.74, 6) is -4.07. The number of hydrogen-bond acceptors (Lipinski definition) is 8. The lowest BCUT2D eigenvalue weighted by Gasteiger charge is -2.30. The number of nitrogens with one attached hydrogen (secondary N) is 1. The summed E-state index contributed by atoms with van der Waals surface area (Å²) in [7, 11) is -1.31. The molecule has 0 radical (unpaired) electrons. The van der Waals surface area contributed by atoms with Crippen LogP contribution in [-0.2, 0) is 16.2 Å². The molecule has 2 aromatic heterocycles. The molecular weight excluding hydrogens is 530 g/mol. The number of aliphatic hydroxyl groups is 1. The van der Waals surface area contributed by atoms with Gasteiger partial charge in [0.25, 0.3) is 6.02 Å². The standard InChI is InChI=1S/C26H32F2N4O6Si/c1-26(13-33)12-30-25(37-14-26)31-16-9-18(27)22(19(28)10-16)38-20-5-6-29-23-21(20)17(24(34)35)11-32(23)15-36-7-8-39(2,3)4/h5-6,9-11,33H,7-8,12-15H2,1-4H3,(H,30,31)(H,34,35)/t26-/m1/s1. The number of aromatic carboxylic acids is 1. The average Bonchev–Trinajstić information content (AvgIpc) is 3.25. The van der Waals surface area contributed by atoms with E-state index in [1.54, 1.807) is 6.92 Å². The zero-order chi connectivity index (χ0) is 28.4. The summed E-state index contributed by atoms with van der Waals surface area (Å²) in [6.07, 6.45) is 2.74. The summed E-state index contributed by atoms with van der Waals surface area (Å²) in [5.41, 5.74) is -0.373. The van der Waals surface area contributed by atoms with Crippen LogP contribution in [0.3, 0.4) is 0 Å². The van der Waals surface area contributed by atoms with Crippen molar-refractivity contribution in [3.63, 3.8) is 0 Å². The Hall–Kier alpha value is -3.55. The van der Waals surface area contributed by atoms with Crippen molar-refractivity contribution in [2.75, 3.05) is 31.7 Å². The van der Waals surface area contributed by atoms with Crippen molar-refractivity contribution in [3.8, 4) is 11.5 Å². The number of carbonyl (C=O) groups is 1. The molecule has 1 aromatic carbocycles. The molecule has 0 amide bonds. The molecule has 0 fully saturated rings. The first kappa shape index (κ1) is 28.5. The highest BCUT2D eigenvalue weighted by atomic mass is 28.3. The second-order valence-corrected chi connectivity index (χ2v) is 16.7. The van der Waals surface area contributed by atoms with Crippen LogP contribution in [0.2, 0.25) is 25.7 Å². The maximum absolute atomic E-state index is 15.0. The quantitative estimate of drug-likeness (QED) is 0.235. The predicted octanol–water partition coefficient (Wildman–Crippen LogP) is 4.91. The molecule has 39 heavy (non-hydrogen) atoms. The van der Waals surface area contributed by atoms with Crippen molar-refractivity contribution in [1.29, 1.82) is 0 Å². The van der Waals surface area contributed by atoms with Crippen LogP contribution in [0.15, 0.2) is 35.6 Å². The lowest BCUT2D eigenvalue weighted by Crippen LogP contribution is -2.38. The Labute approximate surface area is 225 Å². The van der Waals surface area contributed by atoms with Gasteiger partial charge in [-0.1, -0.05) is 26.6 Å². The molecule has 1 aliphatic rings. The Bertz CT molecular complexity index is 1380. The van der Waals surface area contributed by atoms with Gasteiger partial charge in [-0.25, -0.2) is 23.6 Å². The Kier molecular flexibility index (Phi) is 8.23. The number of carboxylic acid groups (broad SMARTS) is 1. The van der Waals surface area contributed by atoms with Crippen molar-refractivity contribution >= 4 is 36.8 Å². The summed E-state index contributed by atoms with van der Waals surface area (Å²) in [4.78, 5) is 20.4. The summed E-state index contributed by atoms with van der Waals surface area (Å²) in [6, 6.07) is 4.38. The van der Waals surface area contributed by atoms with E-state index < -0.39 is 36.8 Å². The van der Waals surface area contributed by atoms with E-state index in [1.165, 1.54) is 23.0 Å². The van der Waals surface area contributed by atoms with Crippen molar-refractivity contribution in [1.82, 2.24) is 9.55 Å². The average molecular weight is 563 g/mol. The van der Waals surface area contributed by atoms with E-state index in [0.717, 1.165) is 18.2 Å². The van der Waals surface area contributed by atoms with Crippen LogP contribution < -0.4 is 10.1 Å². The van der Waals surface area contributed by atoms with Gasteiger partial charge in [-0.05, 0) is 12.1 Å². The Morgan fingerprint density at radius 2 is 2.00 bits per heavy atom. The Morgan fingerprint density at radius 1 is 1.28 bits per heavy atom. The number of carboxylic acids is 1. The van der Waals surface area contributed by atoms with Crippen molar-refractivity contribution in [2.45, 2.75) is 39.3 Å². The number of anilines is 1. The summed E-state index contributed by atoms with van der Waals surface area (Å²) < 4.78 is 48.4. The van der Waals surface area contributed by atoms with Gasteiger partial charge in [0.2, 0.25) is 0 Å². The minimum absolute atomic E-state index is 0.0384. The van der Waals surface area contributed by atoms with Gasteiger partial charge in [-0.15, -0.1) is 0 Å². The number of ether oxygens (including phenoxy) is 3. The zero-order valence-corrected chi connectivity index (χ0v) is 23.3. The van der Waals surface area contributed by atoms with Gasteiger partial charge in [0.1, 0.15) is 24.7 Å². The first-order chi connectivity index (χ1) is 18.4. The third-order valence-corrected chi connectivity index (χ3v) is 7.89. The third kappa shape index (κ3) is 6.72. The molecule has 4 rings (SSSR count). The Balaban J connectivity index is 1.57. The van der Waals surface area contributed by atoms with Crippen LogP contribution in [0.1, 0.15) is 17.3 Å². The number of aliphatic imine (C=N–C) groups is 1. The van der Waals surface area contributed by atoms with Gasteiger partial charge in [-0.3, -0.25) is 0 Å². The van der Waals surface area contributed by atoms with Gasteiger partial charge in [-0.2, -0.15) is 0 Å². The highest BCUT2D eigenvalue weighted by molar-refractivity contribution is 6.76. The highest BCUT2D eigenvalue weighted by Gasteiger charge is 2.29. The van der Waals surface area contributed by atoms with Crippen molar-refractivity contribution < 1.29 is 38.0 Å². The molecule has 3 aromatic rings. The summed E-state index contributed by atoms with van der Waals surface area (Å²) >= 11 is 0. The number of amidine groups is 1. The summed E-state index contributed by atoms with van der Waals surface area (Å²) in [5, 5.41) is 22.0. The van der Waals surface area contributed by atoms with Crippen LogP contribution in [0.5, 0.6) is 11.5 Å². The van der Waals surface area contributed by atoms with Crippen LogP contribution in [-0.4, -0.2) is 66.2 Å². The molecule has 0 aliphatic carbocycles. The Morgan fingerprint density at radius 3 is 2.59 bits per heavy atom. The number of aromatic nitrogens is 2. The molecule has 3 N–H and O–H groups in total. The van der Waals surface area contributed by atoms with Gasteiger partial charge >= 0.3 is 5.97 Å². The summed E-state index contributed by atoms with van der Waals surface area (Å²) in [6.45, 7) is 9.42. The minimum Gasteiger partial charge on any atom is -0.478 e. The number of nitrogens with zero attached hydrogens (tertiary/aromatic N) is 3. The molecular formula is C26H32F2N4O6Si. The first-order valence-corrected chi connectivity index (χ1v) is 16.1. The van der Waals surface area contributed by atoms with Gasteiger partial charge in [0.05, 0.1) is 24.1 Å². The largest absolute Gasteiger partial charge is 0.478 e. The zero-order valence-electron chi connectivity index (χ0n) is 22.3. The fraction of sp³-hybridized carbons (Fsp3) is 0.423. The number of fused-ring (bicyclic) bond motifs is 1. The van der Waals surface area contributed by atoms with E-state index in [0.29, 0.717) is 6.61 Å². The van der Waals surface area contributed by atoms with E-state index in [-0.39, 0.29) is 60.5 Å². The minimum atomic E-state index is -1.31. The molecule has 0 bridgehead atoms. The fourth-order valence-electron chi connectivity index (χ4n) is 3.80. The van der Waals surface area contributed by atoms with E-state index in [9.17, 15) is 15.0 Å². The molecule has 0 saturated heterocycles. The lowest BCUT2D eigenvalue weighted by atomic mass is 9.93. The second kappa shape index (κ2) is 11.3. The molecule has 1 aliphatic heterocycles. The smallest absolute Gasteiger partial charge is 0.338 e. The maximum Gasteiger partial charge on any atom is 0.338 e. The van der Waals surface area contributed by atoms with Crippen LogP contribution in [0, 0.1) is 17.0 Å². The van der Waals surface area contributed by atoms with Gasteiger partial charge in [0.15, 0.2) is 17.4 Å². The van der Waals surface area contributed by atoms with E-state index in [1.807, 2.05) is 0 Å². The van der Waals surface area contributed by atoms with E-state index in [4.69, 9.17) is 14.2 Å². The normalized spacial score (nSPS) is 17.6. The number of rotatable bonds is 10. The molecule has 210 valence electrons. The SMILES string of the molecule is C[C@]1(CO)CN=C(Nc2cc(F)c(Oc3ccnc4c3c(C(=O)O)cn4COCC[Si](C)(C)C)c(F)c2)OC1. The van der Waals surface area contributed by atoms with Crippen LogP contribution in [0.4, 0.5) is 14.5 Å². The number of halogens is 2. The van der Waals surface area contributed by atoms with E-state index in [2.05, 4.69) is 34.9 Å². The molecule has 3 heterocycles. The molecule has 0 unspecified atom stereocenters. The van der Waals surface area contributed by atoms with Crippen molar-refractivity contribution in [2.24, 2.45) is 10.4 Å². The third-order valence-electron chi connectivity index (χ3n) is 6.18. The predicted molar refractivity (Wildman–Crippen MR) is 144 cm³/mol.